The maximum Gasteiger partial charge on any atom is 0.227 e. The summed E-state index contributed by atoms with van der Waals surface area (Å²) in [7, 11) is 1.62. The quantitative estimate of drug-likeness (QED) is 0.729. The van der Waals surface area contributed by atoms with E-state index >= 15 is 0 Å². The first-order valence-corrected chi connectivity index (χ1v) is 9.90. The summed E-state index contributed by atoms with van der Waals surface area (Å²) in [5, 5.41) is 3.16. The van der Waals surface area contributed by atoms with E-state index in [0.29, 0.717) is 26.1 Å². The van der Waals surface area contributed by atoms with E-state index in [1.165, 1.54) is 0 Å². The van der Waals surface area contributed by atoms with Crippen molar-refractivity contribution in [2.45, 2.75) is 52.0 Å². The van der Waals surface area contributed by atoms with E-state index < -0.39 is 5.41 Å². The van der Waals surface area contributed by atoms with Crippen LogP contribution in [0.4, 0.5) is 0 Å². The molecule has 2 amide bonds. The van der Waals surface area contributed by atoms with Gasteiger partial charge < -0.3 is 20.7 Å². The average Bonchev–Trinajstić information content (AvgIpc) is 2.70. The van der Waals surface area contributed by atoms with Gasteiger partial charge in [0.1, 0.15) is 5.75 Å². The Labute approximate surface area is 162 Å². The Balaban J connectivity index is 1.87. The molecule has 0 saturated carbocycles. The Morgan fingerprint density at radius 2 is 1.85 bits per heavy atom. The van der Waals surface area contributed by atoms with Crippen LogP contribution in [0.1, 0.15) is 45.1 Å². The van der Waals surface area contributed by atoms with Gasteiger partial charge in [0.15, 0.2) is 0 Å². The van der Waals surface area contributed by atoms with Gasteiger partial charge in [-0.3, -0.25) is 9.59 Å². The molecular formula is C21H33N3O3. The number of likely N-dealkylation sites (tertiary alicyclic amines) is 1. The van der Waals surface area contributed by atoms with Gasteiger partial charge in [-0.1, -0.05) is 32.0 Å². The molecule has 0 unspecified atom stereocenters. The molecule has 2 rings (SSSR count). The molecule has 0 aliphatic carbocycles. The van der Waals surface area contributed by atoms with Crippen molar-refractivity contribution in [3.8, 4) is 5.75 Å². The maximum absolute atomic E-state index is 12.7. The highest BCUT2D eigenvalue weighted by atomic mass is 16.5. The van der Waals surface area contributed by atoms with Gasteiger partial charge in [-0.15, -0.1) is 0 Å². The fraction of sp³-hybridized carbons (Fsp3) is 0.619. The summed E-state index contributed by atoms with van der Waals surface area (Å²) in [6, 6.07) is 7.71. The molecule has 27 heavy (non-hydrogen) atoms. The zero-order valence-corrected chi connectivity index (χ0v) is 16.8. The number of nitrogens with one attached hydrogen (secondary N) is 1. The Bertz CT molecular complexity index is 627. The van der Waals surface area contributed by atoms with Crippen molar-refractivity contribution >= 4 is 11.8 Å². The minimum absolute atomic E-state index is 0.0498. The number of rotatable bonds is 8. The number of ether oxygens (including phenoxy) is 1. The molecule has 6 nitrogen and oxygen atoms in total. The second kappa shape index (κ2) is 9.74. The van der Waals surface area contributed by atoms with Gasteiger partial charge in [0.25, 0.3) is 0 Å². The zero-order chi connectivity index (χ0) is 19.9. The summed E-state index contributed by atoms with van der Waals surface area (Å²) in [5.41, 5.74) is 6.30. The highest BCUT2D eigenvalue weighted by Gasteiger charge is 2.35. The van der Waals surface area contributed by atoms with Crippen LogP contribution in [-0.2, 0) is 16.0 Å². The average molecular weight is 376 g/mol. The van der Waals surface area contributed by atoms with E-state index in [0.717, 1.165) is 37.0 Å². The predicted octanol–water partition coefficient (Wildman–Crippen LogP) is 2.11. The van der Waals surface area contributed by atoms with E-state index in [1.807, 2.05) is 43.0 Å². The number of nitrogens with zero attached hydrogens (tertiary/aromatic N) is 1. The van der Waals surface area contributed by atoms with Crippen LogP contribution in [0.15, 0.2) is 24.3 Å². The van der Waals surface area contributed by atoms with Crippen molar-refractivity contribution in [3.63, 3.8) is 0 Å². The number of piperidine rings is 1. The molecule has 150 valence electrons. The van der Waals surface area contributed by atoms with Crippen LogP contribution in [0, 0.1) is 5.41 Å². The van der Waals surface area contributed by atoms with Crippen molar-refractivity contribution in [1.82, 2.24) is 10.2 Å². The van der Waals surface area contributed by atoms with Crippen LogP contribution in [0.2, 0.25) is 0 Å². The number of amides is 2. The fourth-order valence-corrected chi connectivity index (χ4v) is 3.69. The van der Waals surface area contributed by atoms with Crippen LogP contribution in [0.25, 0.3) is 0 Å². The molecule has 1 aliphatic rings. The van der Waals surface area contributed by atoms with Gasteiger partial charge >= 0.3 is 0 Å². The largest absolute Gasteiger partial charge is 0.496 e. The number of nitrogens with two attached hydrogens (primary N) is 1. The van der Waals surface area contributed by atoms with Gasteiger partial charge in [-0.05, 0) is 31.7 Å². The van der Waals surface area contributed by atoms with E-state index in [2.05, 4.69) is 5.32 Å². The molecule has 1 aromatic carbocycles. The van der Waals surface area contributed by atoms with E-state index in [9.17, 15) is 9.59 Å². The first-order valence-electron chi connectivity index (χ1n) is 9.90. The molecule has 0 atom stereocenters. The number of para-hydroxylation sites is 1. The van der Waals surface area contributed by atoms with Gasteiger partial charge in [0.05, 0.1) is 18.9 Å². The topological polar surface area (TPSA) is 84.7 Å². The van der Waals surface area contributed by atoms with Crippen LogP contribution < -0.4 is 15.8 Å². The highest BCUT2D eigenvalue weighted by molar-refractivity contribution is 5.83. The number of methoxy groups -OCH3 is 1. The standard InChI is InChI=1S/C21H33N3O3/c1-4-21(5-2,15-22)20(26)23-17-10-12-24(13-11-17)19(25)14-16-8-6-7-9-18(16)27-3/h6-9,17H,4-5,10-15,22H2,1-3H3,(H,23,26). The van der Waals surface area contributed by atoms with Crippen molar-refractivity contribution in [3.05, 3.63) is 29.8 Å². The fourth-order valence-electron chi connectivity index (χ4n) is 3.69. The normalized spacial score (nSPS) is 15.5. The lowest BCUT2D eigenvalue weighted by molar-refractivity contribution is -0.133. The van der Waals surface area contributed by atoms with Crippen LogP contribution >= 0.6 is 0 Å². The molecular weight excluding hydrogens is 342 g/mol. The van der Waals surface area contributed by atoms with Gasteiger partial charge in [-0.2, -0.15) is 0 Å². The summed E-state index contributed by atoms with van der Waals surface area (Å²) in [6.07, 6.45) is 3.36. The molecule has 0 radical (unpaired) electrons. The van der Waals surface area contributed by atoms with Crippen LogP contribution in [0.3, 0.4) is 0 Å². The lowest BCUT2D eigenvalue weighted by Crippen LogP contribution is -2.52. The zero-order valence-electron chi connectivity index (χ0n) is 16.8. The molecule has 1 aliphatic heterocycles. The molecule has 0 bridgehead atoms. The minimum atomic E-state index is -0.475. The molecule has 1 fully saturated rings. The Morgan fingerprint density at radius 3 is 2.41 bits per heavy atom. The molecule has 6 heteroatoms. The summed E-state index contributed by atoms with van der Waals surface area (Å²) >= 11 is 0. The third-order valence-electron chi connectivity index (χ3n) is 5.94. The molecule has 1 saturated heterocycles. The van der Waals surface area contributed by atoms with Crippen molar-refractivity contribution in [2.24, 2.45) is 11.1 Å². The van der Waals surface area contributed by atoms with Crippen molar-refractivity contribution in [1.29, 1.82) is 0 Å². The number of benzene rings is 1. The first-order chi connectivity index (χ1) is 13.0. The van der Waals surface area contributed by atoms with Gasteiger partial charge in [0.2, 0.25) is 11.8 Å². The van der Waals surface area contributed by atoms with E-state index in [1.54, 1.807) is 7.11 Å². The summed E-state index contributed by atoms with van der Waals surface area (Å²) in [6.45, 7) is 5.70. The second-order valence-corrected chi connectivity index (χ2v) is 7.31. The molecule has 0 spiro atoms. The predicted molar refractivity (Wildman–Crippen MR) is 107 cm³/mol. The molecule has 1 aromatic rings. The van der Waals surface area contributed by atoms with Crippen LogP contribution in [-0.4, -0.2) is 49.5 Å². The number of carbonyl (C=O) groups excluding carboxylic acids is 2. The first kappa shape index (κ1) is 21.2. The maximum atomic E-state index is 12.7. The minimum Gasteiger partial charge on any atom is -0.496 e. The summed E-state index contributed by atoms with van der Waals surface area (Å²) in [4.78, 5) is 27.2. The third kappa shape index (κ3) is 5.01. The Morgan fingerprint density at radius 1 is 1.22 bits per heavy atom. The van der Waals surface area contributed by atoms with Crippen molar-refractivity contribution < 1.29 is 14.3 Å². The molecule has 3 N–H and O–H groups in total. The number of hydrogen-bond acceptors (Lipinski definition) is 4. The SMILES string of the molecule is CCC(CC)(CN)C(=O)NC1CCN(C(=O)Cc2ccccc2OC)CC1. The lowest BCUT2D eigenvalue weighted by atomic mass is 9.81. The van der Waals surface area contributed by atoms with Crippen LogP contribution in [0.5, 0.6) is 5.75 Å². The highest BCUT2D eigenvalue weighted by Crippen LogP contribution is 2.26. The Kier molecular flexibility index (Phi) is 7.66. The van der Waals surface area contributed by atoms with Gasteiger partial charge in [-0.25, -0.2) is 0 Å². The van der Waals surface area contributed by atoms with Gasteiger partial charge in [0, 0.05) is 31.2 Å². The summed E-state index contributed by atoms with van der Waals surface area (Å²) < 4.78 is 5.33. The second-order valence-electron chi connectivity index (χ2n) is 7.31. The smallest absolute Gasteiger partial charge is 0.227 e. The molecule has 1 heterocycles. The third-order valence-corrected chi connectivity index (χ3v) is 5.94. The van der Waals surface area contributed by atoms with Crippen molar-refractivity contribution in [2.75, 3.05) is 26.7 Å². The van der Waals surface area contributed by atoms with E-state index in [4.69, 9.17) is 10.5 Å². The molecule has 0 aromatic heterocycles. The Hall–Kier alpha value is -2.08. The number of carbonyl (C=O) groups is 2. The monoisotopic (exact) mass is 375 g/mol. The summed E-state index contributed by atoms with van der Waals surface area (Å²) in [5.74, 6) is 0.891. The number of hydrogen-bond donors (Lipinski definition) is 2. The lowest BCUT2D eigenvalue weighted by Gasteiger charge is -2.36. The van der Waals surface area contributed by atoms with E-state index in [-0.39, 0.29) is 17.9 Å².